The Morgan fingerprint density at radius 2 is 2.26 bits per heavy atom. The van der Waals surface area contributed by atoms with Gasteiger partial charge in [-0.05, 0) is 50.0 Å². The molecule has 2 N–H and O–H groups in total. The molecule has 1 atom stereocenters. The third-order valence-corrected chi connectivity index (χ3v) is 5.13. The monoisotopic (exact) mass is 306 g/mol. The van der Waals surface area contributed by atoms with E-state index in [1.165, 1.54) is 6.07 Å². The van der Waals surface area contributed by atoms with Gasteiger partial charge in [0.15, 0.2) is 0 Å². The summed E-state index contributed by atoms with van der Waals surface area (Å²) in [4.78, 5) is -0.0832. The van der Waals surface area contributed by atoms with E-state index >= 15 is 0 Å². The van der Waals surface area contributed by atoms with E-state index in [-0.39, 0.29) is 9.92 Å². The van der Waals surface area contributed by atoms with E-state index in [0.29, 0.717) is 12.5 Å². The molecule has 2 rings (SSSR count). The Balaban J connectivity index is 1.97. The number of nitrogens with one attached hydrogen (secondary N) is 2. The third-order valence-electron chi connectivity index (χ3n) is 3.19. The van der Waals surface area contributed by atoms with Gasteiger partial charge in [-0.1, -0.05) is 11.6 Å². The van der Waals surface area contributed by atoms with Gasteiger partial charge in [0.05, 0.1) is 5.02 Å². The van der Waals surface area contributed by atoms with Crippen LogP contribution in [0.25, 0.3) is 0 Å². The summed E-state index contributed by atoms with van der Waals surface area (Å²) in [5.74, 6) is -0.0487. The first kappa shape index (κ1) is 14.7. The van der Waals surface area contributed by atoms with E-state index in [9.17, 15) is 12.8 Å². The van der Waals surface area contributed by atoms with Gasteiger partial charge in [0.2, 0.25) is 10.0 Å². The highest BCUT2D eigenvalue weighted by molar-refractivity contribution is 7.89. The maximum absolute atomic E-state index is 12.9. The number of hydrogen-bond acceptors (Lipinski definition) is 3. The Bertz CT molecular complexity index is 545. The lowest BCUT2D eigenvalue weighted by Crippen LogP contribution is -2.27. The van der Waals surface area contributed by atoms with Crippen LogP contribution in [-0.2, 0) is 10.0 Å². The largest absolute Gasteiger partial charge is 0.316 e. The van der Waals surface area contributed by atoms with Crippen LogP contribution in [0.15, 0.2) is 23.1 Å². The van der Waals surface area contributed by atoms with Crippen molar-refractivity contribution in [2.24, 2.45) is 5.92 Å². The topological polar surface area (TPSA) is 58.2 Å². The molecule has 1 aliphatic heterocycles. The molecule has 0 spiro atoms. The molecule has 1 aromatic rings. The van der Waals surface area contributed by atoms with Crippen molar-refractivity contribution in [1.82, 2.24) is 10.0 Å². The molecule has 0 amide bonds. The molecule has 0 aliphatic carbocycles. The maximum Gasteiger partial charge on any atom is 0.242 e. The van der Waals surface area contributed by atoms with Crippen LogP contribution in [0.2, 0.25) is 5.02 Å². The van der Waals surface area contributed by atoms with Gasteiger partial charge in [-0.15, -0.1) is 0 Å². The van der Waals surface area contributed by atoms with Crippen LogP contribution < -0.4 is 10.0 Å². The molecule has 4 nitrogen and oxygen atoms in total. The van der Waals surface area contributed by atoms with Crippen molar-refractivity contribution in [3.05, 3.63) is 29.0 Å². The standard InChI is InChI=1S/C12H16ClFN2O2S/c13-11-7-10(14)1-2-12(11)19(17,18)16-6-4-9-3-5-15-8-9/h1-2,7,9,15-16H,3-6,8H2/t9-/m0/s1. The normalized spacial score (nSPS) is 19.8. The number of hydrogen-bond donors (Lipinski definition) is 2. The van der Waals surface area contributed by atoms with Crippen molar-refractivity contribution in [3.8, 4) is 0 Å². The Kier molecular flexibility index (Phi) is 4.78. The molecule has 1 fully saturated rings. The Morgan fingerprint density at radius 3 is 2.89 bits per heavy atom. The number of halogens is 2. The second-order valence-electron chi connectivity index (χ2n) is 4.62. The van der Waals surface area contributed by atoms with Crippen molar-refractivity contribution < 1.29 is 12.8 Å². The Morgan fingerprint density at radius 1 is 1.47 bits per heavy atom. The fourth-order valence-electron chi connectivity index (χ4n) is 2.13. The zero-order valence-corrected chi connectivity index (χ0v) is 11.9. The molecule has 0 saturated carbocycles. The number of rotatable bonds is 5. The average molecular weight is 307 g/mol. The molecule has 0 radical (unpaired) electrons. The fourth-order valence-corrected chi connectivity index (χ4v) is 3.71. The minimum absolute atomic E-state index is 0.0832. The molecule has 1 heterocycles. The van der Waals surface area contributed by atoms with Gasteiger partial charge < -0.3 is 5.32 Å². The van der Waals surface area contributed by atoms with Crippen molar-refractivity contribution in [3.63, 3.8) is 0 Å². The van der Waals surface area contributed by atoms with E-state index in [1.54, 1.807) is 0 Å². The summed E-state index contributed by atoms with van der Waals surface area (Å²) in [6, 6.07) is 3.26. The fraction of sp³-hybridized carbons (Fsp3) is 0.500. The summed E-state index contributed by atoms with van der Waals surface area (Å²) < 4.78 is 39.4. The average Bonchev–Trinajstić information content (AvgIpc) is 2.81. The smallest absolute Gasteiger partial charge is 0.242 e. The van der Waals surface area contributed by atoms with Crippen LogP contribution in [0.5, 0.6) is 0 Å². The molecule has 0 bridgehead atoms. The predicted molar refractivity (Wildman–Crippen MR) is 72.2 cm³/mol. The number of benzene rings is 1. The van der Waals surface area contributed by atoms with Gasteiger partial charge in [-0.3, -0.25) is 0 Å². The summed E-state index contributed by atoms with van der Waals surface area (Å²) in [6.45, 7) is 2.28. The highest BCUT2D eigenvalue weighted by Crippen LogP contribution is 2.22. The Hall–Kier alpha value is -0.690. The predicted octanol–water partition coefficient (Wildman–Crippen LogP) is 1.76. The first-order valence-corrected chi connectivity index (χ1v) is 8.00. The quantitative estimate of drug-likeness (QED) is 0.871. The maximum atomic E-state index is 12.9. The molecule has 106 valence electrons. The molecule has 0 unspecified atom stereocenters. The van der Waals surface area contributed by atoms with Crippen molar-refractivity contribution in [2.45, 2.75) is 17.7 Å². The summed E-state index contributed by atoms with van der Waals surface area (Å²) in [5, 5.41) is 3.13. The zero-order chi connectivity index (χ0) is 13.9. The Labute approximate surface area is 117 Å². The molecule has 19 heavy (non-hydrogen) atoms. The van der Waals surface area contributed by atoms with E-state index in [0.717, 1.165) is 38.1 Å². The summed E-state index contributed by atoms with van der Waals surface area (Å²) in [6.07, 6.45) is 1.85. The highest BCUT2D eigenvalue weighted by Gasteiger charge is 2.19. The molecular weight excluding hydrogens is 291 g/mol. The van der Waals surface area contributed by atoms with Gasteiger partial charge in [0.25, 0.3) is 0 Å². The van der Waals surface area contributed by atoms with Crippen LogP contribution >= 0.6 is 11.6 Å². The van der Waals surface area contributed by atoms with Gasteiger partial charge in [0, 0.05) is 6.54 Å². The molecule has 7 heteroatoms. The SMILES string of the molecule is O=S(=O)(NCC[C@@H]1CCNC1)c1ccc(F)cc1Cl. The van der Waals surface area contributed by atoms with Crippen LogP contribution in [0.3, 0.4) is 0 Å². The summed E-state index contributed by atoms with van der Waals surface area (Å²) in [7, 11) is -3.67. The van der Waals surface area contributed by atoms with E-state index in [4.69, 9.17) is 11.6 Å². The lowest BCUT2D eigenvalue weighted by Gasteiger charge is -2.11. The molecule has 1 aliphatic rings. The molecular formula is C12H16ClFN2O2S. The lowest BCUT2D eigenvalue weighted by atomic mass is 10.1. The molecule has 1 aromatic carbocycles. The van der Waals surface area contributed by atoms with Crippen LogP contribution in [0, 0.1) is 11.7 Å². The van der Waals surface area contributed by atoms with Crippen LogP contribution in [0.1, 0.15) is 12.8 Å². The number of sulfonamides is 1. The summed E-state index contributed by atoms with van der Waals surface area (Å²) in [5.41, 5.74) is 0. The minimum atomic E-state index is -3.67. The van der Waals surface area contributed by atoms with Crippen LogP contribution in [-0.4, -0.2) is 28.1 Å². The minimum Gasteiger partial charge on any atom is -0.316 e. The lowest BCUT2D eigenvalue weighted by molar-refractivity contribution is 0.519. The van der Waals surface area contributed by atoms with Crippen molar-refractivity contribution in [2.75, 3.05) is 19.6 Å². The zero-order valence-electron chi connectivity index (χ0n) is 10.3. The molecule has 1 saturated heterocycles. The molecule has 0 aromatic heterocycles. The third kappa shape index (κ3) is 3.89. The second kappa shape index (κ2) is 6.17. The van der Waals surface area contributed by atoms with Gasteiger partial charge in [-0.25, -0.2) is 17.5 Å². The van der Waals surface area contributed by atoms with E-state index in [1.807, 2.05) is 0 Å². The van der Waals surface area contributed by atoms with Crippen molar-refractivity contribution >= 4 is 21.6 Å². The van der Waals surface area contributed by atoms with E-state index < -0.39 is 15.8 Å². The van der Waals surface area contributed by atoms with Crippen LogP contribution in [0.4, 0.5) is 4.39 Å². The second-order valence-corrected chi connectivity index (χ2v) is 6.76. The van der Waals surface area contributed by atoms with Gasteiger partial charge in [0.1, 0.15) is 10.7 Å². The van der Waals surface area contributed by atoms with E-state index in [2.05, 4.69) is 10.0 Å². The highest BCUT2D eigenvalue weighted by atomic mass is 35.5. The first-order chi connectivity index (χ1) is 8.99. The summed E-state index contributed by atoms with van der Waals surface area (Å²) >= 11 is 5.75. The van der Waals surface area contributed by atoms with Crippen molar-refractivity contribution in [1.29, 1.82) is 0 Å². The van der Waals surface area contributed by atoms with Gasteiger partial charge in [-0.2, -0.15) is 0 Å². The van der Waals surface area contributed by atoms with Gasteiger partial charge >= 0.3 is 0 Å². The first-order valence-electron chi connectivity index (χ1n) is 6.14.